The van der Waals surface area contributed by atoms with Crippen molar-refractivity contribution in [3.05, 3.63) is 35.9 Å². The third-order valence-electron chi connectivity index (χ3n) is 4.64. The summed E-state index contributed by atoms with van der Waals surface area (Å²) in [6.45, 7) is 2.29. The molecule has 1 nitrogen and oxygen atoms in total. The average molecular weight is 304 g/mol. The highest BCUT2D eigenvalue weighted by Gasteiger charge is 2.12. The summed E-state index contributed by atoms with van der Waals surface area (Å²) >= 11 is 0. The molecule has 0 bridgehead atoms. The van der Waals surface area contributed by atoms with Crippen LogP contribution in [0.1, 0.15) is 89.2 Å². The first-order valence-electron chi connectivity index (χ1n) is 9.47. The van der Waals surface area contributed by atoms with Gasteiger partial charge in [0.15, 0.2) is 0 Å². The van der Waals surface area contributed by atoms with Crippen molar-refractivity contribution in [2.24, 2.45) is 0 Å². The van der Waals surface area contributed by atoms with Crippen molar-refractivity contribution in [2.75, 3.05) is 14.1 Å². The topological polar surface area (TPSA) is 3.24 Å². The fourth-order valence-corrected chi connectivity index (χ4v) is 3.22. The molecule has 0 fully saturated rings. The largest absolute Gasteiger partial charge is 0.302 e. The predicted octanol–water partition coefficient (Wildman–Crippen LogP) is 6.60. The molecule has 0 heterocycles. The Hall–Kier alpha value is -0.820. The molecule has 0 spiro atoms. The molecular weight excluding hydrogens is 266 g/mol. The molecule has 0 N–H and O–H groups in total. The van der Waals surface area contributed by atoms with Crippen molar-refractivity contribution in [2.45, 2.75) is 83.6 Å². The zero-order chi connectivity index (χ0) is 16.0. The van der Waals surface area contributed by atoms with Gasteiger partial charge in [-0.25, -0.2) is 0 Å². The lowest BCUT2D eigenvalue weighted by atomic mass is 9.98. The highest BCUT2D eigenvalue weighted by atomic mass is 15.1. The molecule has 1 aromatic rings. The van der Waals surface area contributed by atoms with Crippen molar-refractivity contribution < 1.29 is 0 Å². The van der Waals surface area contributed by atoms with Gasteiger partial charge in [-0.05, 0) is 26.1 Å². The quantitative estimate of drug-likeness (QED) is 0.371. The van der Waals surface area contributed by atoms with Crippen LogP contribution in [-0.2, 0) is 0 Å². The van der Waals surface area contributed by atoms with E-state index in [4.69, 9.17) is 0 Å². The molecule has 0 aliphatic carbocycles. The van der Waals surface area contributed by atoms with Crippen LogP contribution in [0.2, 0.25) is 0 Å². The van der Waals surface area contributed by atoms with Gasteiger partial charge in [0, 0.05) is 6.04 Å². The van der Waals surface area contributed by atoms with Crippen LogP contribution >= 0.6 is 0 Å². The fourth-order valence-electron chi connectivity index (χ4n) is 3.22. The van der Waals surface area contributed by atoms with Gasteiger partial charge in [0.1, 0.15) is 0 Å². The van der Waals surface area contributed by atoms with E-state index < -0.39 is 0 Å². The van der Waals surface area contributed by atoms with E-state index in [-0.39, 0.29) is 0 Å². The molecular formula is C21H37N. The predicted molar refractivity (Wildman–Crippen MR) is 99.3 cm³/mol. The van der Waals surface area contributed by atoms with Gasteiger partial charge in [-0.1, -0.05) is 101 Å². The number of unbranched alkanes of at least 4 members (excludes halogenated alkanes) is 9. The van der Waals surface area contributed by atoms with Gasteiger partial charge < -0.3 is 4.90 Å². The highest BCUT2D eigenvalue weighted by Crippen LogP contribution is 2.24. The Bertz CT molecular complexity index is 344. The number of hydrogen-bond acceptors (Lipinski definition) is 1. The number of rotatable bonds is 13. The molecule has 0 saturated carbocycles. The maximum absolute atomic E-state index is 2.36. The summed E-state index contributed by atoms with van der Waals surface area (Å²) in [5.74, 6) is 0. The Morgan fingerprint density at radius 1 is 0.727 bits per heavy atom. The Kier molecular flexibility index (Phi) is 11.1. The molecule has 0 amide bonds. The van der Waals surface area contributed by atoms with Gasteiger partial charge >= 0.3 is 0 Å². The van der Waals surface area contributed by atoms with Crippen LogP contribution in [-0.4, -0.2) is 19.0 Å². The van der Waals surface area contributed by atoms with E-state index in [0.29, 0.717) is 6.04 Å². The van der Waals surface area contributed by atoms with Gasteiger partial charge in [-0.3, -0.25) is 0 Å². The number of benzene rings is 1. The maximum Gasteiger partial charge on any atom is 0.0342 e. The molecule has 0 aliphatic heterocycles. The fraction of sp³-hybridized carbons (Fsp3) is 0.714. The Balaban J connectivity index is 2.07. The minimum absolute atomic E-state index is 0.579. The maximum atomic E-state index is 2.36. The highest BCUT2D eigenvalue weighted by molar-refractivity contribution is 5.18. The van der Waals surface area contributed by atoms with E-state index in [9.17, 15) is 0 Å². The summed E-state index contributed by atoms with van der Waals surface area (Å²) in [5.41, 5.74) is 1.46. The van der Waals surface area contributed by atoms with Crippen LogP contribution in [0.4, 0.5) is 0 Å². The van der Waals surface area contributed by atoms with Crippen LogP contribution in [0, 0.1) is 0 Å². The van der Waals surface area contributed by atoms with Crippen LogP contribution in [0.25, 0.3) is 0 Å². The summed E-state index contributed by atoms with van der Waals surface area (Å²) in [5, 5.41) is 0. The zero-order valence-corrected chi connectivity index (χ0v) is 15.2. The minimum atomic E-state index is 0.579. The van der Waals surface area contributed by atoms with Crippen LogP contribution in [0.5, 0.6) is 0 Å². The van der Waals surface area contributed by atoms with Crippen LogP contribution < -0.4 is 0 Å². The monoisotopic (exact) mass is 303 g/mol. The van der Waals surface area contributed by atoms with Crippen molar-refractivity contribution in [1.29, 1.82) is 0 Å². The molecule has 1 atom stereocenters. The van der Waals surface area contributed by atoms with E-state index in [0.717, 1.165) is 0 Å². The standard InChI is InChI=1S/C21H37N/c1-4-5-6-7-8-9-10-11-12-16-19-21(22(2)3)20-17-14-13-15-18-20/h13-15,17-18,21H,4-12,16,19H2,1-3H3. The smallest absolute Gasteiger partial charge is 0.0342 e. The molecule has 0 saturated heterocycles. The average Bonchev–Trinajstić information content (AvgIpc) is 2.53. The Labute approximate surface area is 139 Å². The van der Waals surface area contributed by atoms with Crippen LogP contribution in [0.3, 0.4) is 0 Å². The molecule has 1 rings (SSSR count). The zero-order valence-electron chi connectivity index (χ0n) is 15.2. The van der Waals surface area contributed by atoms with Gasteiger partial charge in [-0.2, -0.15) is 0 Å². The van der Waals surface area contributed by atoms with Crippen molar-refractivity contribution in [3.8, 4) is 0 Å². The molecule has 1 unspecified atom stereocenters. The lowest BCUT2D eigenvalue weighted by Gasteiger charge is -2.24. The molecule has 22 heavy (non-hydrogen) atoms. The van der Waals surface area contributed by atoms with Gasteiger partial charge in [-0.15, -0.1) is 0 Å². The third-order valence-corrected chi connectivity index (χ3v) is 4.64. The summed E-state index contributed by atoms with van der Waals surface area (Å²) in [6, 6.07) is 11.5. The van der Waals surface area contributed by atoms with E-state index in [2.05, 4.69) is 56.3 Å². The number of hydrogen-bond donors (Lipinski definition) is 0. The lowest BCUT2D eigenvalue weighted by molar-refractivity contribution is 0.276. The van der Waals surface area contributed by atoms with E-state index in [1.54, 1.807) is 0 Å². The molecule has 0 aromatic heterocycles. The van der Waals surface area contributed by atoms with E-state index in [1.165, 1.54) is 76.2 Å². The Morgan fingerprint density at radius 3 is 1.73 bits per heavy atom. The normalized spacial score (nSPS) is 12.7. The summed E-state index contributed by atoms with van der Waals surface area (Å²) < 4.78 is 0. The summed E-state index contributed by atoms with van der Waals surface area (Å²) in [7, 11) is 4.40. The van der Waals surface area contributed by atoms with Crippen molar-refractivity contribution >= 4 is 0 Å². The second-order valence-electron chi connectivity index (χ2n) is 6.86. The number of nitrogens with zero attached hydrogens (tertiary/aromatic N) is 1. The second kappa shape index (κ2) is 12.7. The SMILES string of the molecule is CCCCCCCCCCCCC(c1ccccc1)N(C)C. The van der Waals surface area contributed by atoms with Crippen molar-refractivity contribution in [3.63, 3.8) is 0 Å². The van der Waals surface area contributed by atoms with Crippen LogP contribution in [0.15, 0.2) is 30.3 Å². The molecule has 0 radical (unpaired) electrons. The first-order chi connectivity index (χ1) is 10.8. The molecule has 0 aliphatic rings. The van der Waals surface area contributed by atoms with Gasteiger partial charge in [0.25, 0.3) is 0 Å². The van der Waals surface area contributed by atoms with Gasteiger partial charge in [0.05, 0.1) is 0 Å². The lowest BCUT2D eigenvalue weighted by Crippen LogP contribution is -2.19. The molecule has 1 aromatic carbocycles. The van der Waals surface area contributed by atoms with E-state index >= 15 is 0 Å². The molecule has 126 valence electrons. The summed E-state index contributed by atoms with van der Waals surface area (Å²) in [6.07, 6.45) is 15.5. The first-order valence-corrected chi connectivity index (χ1v) is 9.47. The summed E-state index contributed by atoms with van der Waals surface area (Å²) in [4.78, 5) is 2.36. The van der Waals surface area contributed by atoms with Gasteiger partial charge in [0.2, 0.25) is 0 Å². The minimum Gasteiger partial charge on any atom is -0.302 e. The second-order valence-corrected chi connectivity index (χ2v) is 6.86. The van der Waals surface area contributed by atoms with E-state index in [1.807, 2.05) is 0 Å². The van der Waals surface area contributed by atoms with Crippen molar-refractivity contribution in [1.82, 2.24) is 4.90 Å². The Morgan fingerprint density at radius 2 is 1.23 bits per heavy atom. The molecule has 1 heteroatoms. The third kappa shape index (κ3) is 8.58. The first kappa shape index (κ1) is 19.2.